The van der Waals surface area contributed by atoms with Crippen molar-refractivity contribution in [3.63, 3.8) is 0 Å². The first-order valence-electron chi connectivity index (χ1n) is 6.94. The van der Waals surface area contributed by atoms with Crippen LogP contribution in [0.2, 0.25) is 0 Å². The molecule has 1 saturated heterocycles. The highest BCUT2D eigenvalue weighted by Crippen LogP contribution is 2.35. The molecule has 88 valence electrons. The maximum absolute atomic E-state index is 3.87. The second-order valence-corrected chi connectivity index (χ2v) is 6.04. The van der Waals surface area contributed by atoms with E-state index in [0.717, 1.165) is 29.8 Å². The minimum Gasteiger partial charge on any atom is -0.311 e. The molecule has 1 nitrogen and oxygen atoms in total. The van der Waals surface area contributed by atoms with Crippen molar-refractivity contribution in [2.24, 2.45) is 17.8 Å². The van der Waals surface area contributed by atoms with Gasteiger partial charge in [-0.15, -0.1) is 0 Å². The van der Waals surface area contributed by atoms with Crippen molar-refractivity contribution in [2.75, 3.05) is 0 Å². The molecule has 0 aromatic rings. The summed E-state index contributed by atoms with van der Waals surface area (Å²) in [5.74, 6) is 2.80. The van der Waals surface area contributed by atoms with Gasteiger partial charge in [0.25, 0.3) is 0 Å². The van der Waals surface area contributed by atoms with Crippen LogP contribution in [-0.4, -0.2) is 12.1 Å². The van der Waals surface area contributed by atoms with Crippen molar-refractivity contribution < 1.29 is 0 Å². The molecule has 1 aliphatic carbocycles. The molecule has 0 radical (unpaired) electrons. The van der Waals surface area contributed by atoms with Gasteiger partial charge in [-0.05, 0) is 43.9 Å². The summed E-state index contributed by atoms with van der Waals surface area (Å²) < 4.78 is 0. The SMILES string of the molecule is CC1CCC(C2CCCC[C@@H]2C)NC1C. The van der Waals surface area contributed by atoms with Gasteiger partial charge >= 0.3 is 0 Å². The molecule has 5 atom stereocenters. The highest BCUT2D eigenvalue weighted by Gasteiger charge is 2.33. The van der Waals surface area contributed by atoms with Crippen molar-refractivity contribution in [3.8, 4) is 0 Å². The molecule has 0 aromatic heterocycles. The first-order valence-corrected chi connectivity index (χ1v) is 6.94. The lowest BCUT2D eigenvalue weighted by Crippen LogP contribution is -2.50. The summed E-state index contributed by atoms with van der Waals surface area (Å²) in [6, 6.07) is 1.56. The van der Waals surface area contributed by atoms with Crippen LogP contribution >= 0.6 is 0 Å². The third kappa shape index (κ3) is 2.55. The lowest BCUT2D eigenvalue weighted by atomic mass is 9.72. The van der Waals surface area contributed by atoms with Crippen LogP contribution in [0, 0.1) is 17.8 Å². The molecule has 0 bridgehead atoms. The summed E-state index contributed by atoms with van der Waals surface area (Å²) in [7, 11) is 0. The fourth-order valence-electron chi connectivity index (χ4n) is 3.56. The van der Waals surface area contributed by atoms with Gasteiger partial charge in [0, 0.05) is 12.1 Å². The third-order valence-corrected chi connectivity index (χ3v) is 4.96. The Kier molecular flexibility index (Phi) is 3.71. The van der Waals surface area contributed by atoms with Crippen molar-refractivity contribution in [1.82, 2.24) is 5.32 Å². The van der Waals surface area contributed by atoms with E-state index in [1.165, 1.54) is 38.5 Å². The Bertz CT molecular complexity index is 202. The van der Waals surface area contributed by atoms with Gasteiger partial charge in [-0.2, -0.15) is 0 Å². The van der Waals surface area contributed by atoms with E-state index < -0.39 is 0 Å². The van der Waals surface area contributed by atoms with Crippen molar-refractivity contribution in [1.29, 1.82) is 0 Å². The van der Waals surface area contributed by atoms with Crippen LogP contribution in [0.5, 0.6) is 0 Å². The van der Waals surface area contributed by atoms with E-state index in [1.807, 2.05) is 0 Å². The molecular formula is C14H27N. The van der Waals surface area contributed by atoms with Crippen molar-refractivity contribution >= 4 is 0 Å². The molecular weight excluding hydrogens is 182 g/mol. The van der Waals surface area contributed by atoms with E-state index >= 15 is 0 Å². The first-order chi connectivity index (χ1) is 7.18. The van der Waals surface area contributed by atoms with Gasteiger partial charge in [-0.25, -0.2) is 0 Å². The Hall–Kier alpha value is -0.0400. The van der Waals surface area contributed by atoms with Gasteiger partial charge in [-0.1, -0.05) is 33.1 Å². The zero-order valence-electron chi connectivity index (χ0n) is 10.6. The van der Waals surface area contributed by atoms with Crippen LogP contribution < -0.4 is 5.32 Å². The van der Waals surface area contributed by atoms with Gasteiger partial charge in [0.1, 0.15) is 0 Å². The minimum absolute atomic E-state index is 0.734. The largest absolute Gasteiger partial charge is 0.311 e. The normalized spacial score (nSPS) is 47.8. The first kappa shape index (κ1) is 11.4. The molecule has 1 aliphatic heterocycles. The molecule has 0 amide bonds. The molecule has 1 heteroatoms. The quantitative estimate of drug-likeness (QED) is 0.696. The molecule has 15 heavy (non-hydrogen) atoms. The zero-order valence-corrected chi connectivity index (χ0v) is 10.6. The van der Waals surface area contributed by atoms with Crippen LogP contribution in [-0.2, 0) is 0 Å². The maximum atomic E-state index is 3.87. The summed E-state index contributed by atoms with van der Waals surface area (Å²) in [6.45, 7) is 7.22. The number of nitrogens with one attached hydrogen (secondary N) is 1. The van der Waals surface area contributed by atoms with E-state index in [0.29, 0.717) is 0 Å². The van der Waals surface area contributed by atoms with Crippen molar-refractivity contribution in [3.05, 3.63) is 0 Å². The second kappa shape index (κ2) is 4.86. The Morgan fingerprint density at radius 3 is 2.20 bits per heavy atom. The fraction of sp³-hybridized carbons (Fsp3) is 1.00. The minimum atomic E-state index is 0.734. The maximum Gasteiger partial charge on any atom is 0.0101 e. The highest BCUT2D eigenvalue weighted by atomic mass is 15.0. The van der Waals surface area contributed by atoms with Crippen LogP contribution in [0.25, 0.3) is 0 Å². The molecule has 0 spiro atoms. The standard InChI is InChI=1S/C14H27N/c1-10-8-9-14(15-12(10)3)13-7-5-4-6-11(13)2/h10-15H,4-9H2,1-3H3/t10?,11-,12?,13?,14?/m0/s1. The van der Waals surface area contributed by atoms with Crippen LogP contribution in [0.4, 0.5) is 0 Å². The highest BCUT2D eigenvalue weighted by molar-refractivity contribution is 4.89. The molecule has 0 aromatic carbocycles. The van der Waals surface area contributed by atoms with E-state index in [1.54, 1.807) is 0 Å². The number of rotatable bonds is 1. The van der Waals surface area contributed by atoms with E-state index in [-0.39, 0.29) is 0 Å². The number of hydrogen-bond donors (Lipinski definition) is 1. The smallest absolute Gasteiger partial charge is 0.0101 e. The van der Waals surface area contributed by atoms with Crippen LogP contribution in [0.3, 0.4) is 0 Å². The number of piperidine rings is 1. The summed E-state index contributed by atoms with van der Waals surface area (Å²) in [4.78, 5) is 0. The van der Waals surface area contributed by atoms with Gasteiger partial charge < -0.3 is 5.32 Å². The Labute approximate surface area is 95.0 Å². The van der Waals surface area contributed by atoms with Gasteiger partial charge in [0.2, 0.25) is 0 Å². The van der Waals surface area contributed by atoms with Gasteiger partial charge in [0.05, 0.1) is 0 Å². The van der Waals surface area contributed by atoms with Crippen molar-refractivity contribution in [2.45, 2.75) is 71.4 Å². The Balaban J connectivity index is 1.92. The predicted octanol–water partition coefficient (Wildman–Crippen LogP) is 3.59. The molecule has 2 fully saturated rings. The van der Waals surface area contributed by atoms with Crippen LogP contribution in [0.1, 0.15) is 59.3 Å². The van der Waals surface area contributed by atoms with E-state index in [2.05, 4.69) is 26.1 Å². The third-order valence-electron chi connectivity index (χ3n) is 4.96. The summed E-state index contributed by atoms with van der Waals surface area (Å²) >= 11 is 0. The summed E-state index contributed by atoms with van der Waals surface area (Å²) in [5, 5.41) is 3.87. The molecule has 1 heterocycles. The summed E-state index contributed by atoms with van der Waals surface area (Å²) in [6.07, 6.45) is 8.72. The fourth-order valence-corrected chi connectivity index (χ4v) is 3.56. The molecule has 4 unspecified atom stereocenters. The van der Waals surface area contributed by atoms with Gasteiger partial charge in [0.15, 0.2) is 0 Å². The summed E-state index contributed by atoms with van der Waals surface area (Å²) in [5.41, 5.74) is 0. The van der Waals surface area contributed by atoms with E-state index in [9.17, 15) is 0 Å². The van der Waals surface area contributed by atoms with E-state index in [4.69, 9.17) is 0 Å². The average molecular weight is 209 g/mol. The van der Waals surface area contributed by atoms with Gasteiger partial charge in [-0.3, -0.25) is 0 Å². The average Bonchev–Trinajstić information content (AvgIpc) is 2.23. The predicted molar refractivity (Wildman–Crippen MR) is 65.9 cm³/mol. The second-order valence-electron chi connectivity index (χ2n) is 6.04. The zero-order chi connectivity index (χ0) is 10.8. The Morgan fingerprint density at radius 1 is 0.800 bits per heavy atom. The lowest BCUT2D eigenvalue weighted by Gasteiger charge is -2.42. The molecule has 2 aliphatic rings. The number of hydrogen-bond acceptors (Lipinski definition) is 1. The monoisotopic (exact) mass is 209 g/mol. The topological polar surface area (TPSA) is 12.0 Å². The molecule has 2 rings (SSSR count). The Morgan fingerprint density at radius 2 is 1.53 bits per heavy atom. The lowest BCUT2D eigenvalue weighted by molar-refractivity contribution is 0.136. The molecule has 1 N–H and O–H groups in total. The molecule has 1 saturated carbocycles. The van der Waals surface area contributed by atoms with Crippen LogP contribution in [0.15, 0.2) is 0 Å².